The average molecular weight is 402 g/mol. The van der Waals surface area contributed by atoms with Crippen LogP contribution in [0, 0.1) is 6.92 Å². The van der Waals surface area contributed by atoms with Crippen molar-refractivity contribution in [2.75, 3.05) is 18.1 Å². The Morgan fingerprint density at radius 3 is 2.50 bits per heavy atom. The number of benzene rings is 2. The highest BCUT2D eigenvalue weighted by Gasteiger charge is 2.35. The van der Waals surface area contributed by atoms with E-state index in [9.17, 15) is 13.2 Å². The van der Waals surface area contributed by atoms with Gasteiger partial charge in [0.2, 0.25) is 0 Å². The first kappa shape index (κ1) is 20.4. The molecule has 1 aliphatic heterocycles. The minimum absolute atomic E-state index is 0.0165. The Balaban J connectivity index is 1.92. The Bertz CT molecular complexity index is 922. The SMILES string of the molecule is CCCOc1ccccc1C(=O)N(Cc1ccc(C)cc1)[C@H]1CCS(=O)(=O)C1. The second-order valence-corrected chi connectivity index (χ2v) is 9.55. The van der Waals surface area contributed by atoms with Gasteiger partial charge in [0, 0.05) is 12.6 Å². The van der Waals surface area contributed by atoms with Crippen molar-refractivity contribution < 1.29 is 17.9 Å². The van der Waals surface area contributed by atoms with Crippen molar-refractivity contribution >= 4 is 15.7 Å². The smallest absolute Gasteiger partial charge is 0.258 e. The Kier molecular flexibility index (Phi) is 6.39. The van der Waals surface area contributed by atoms with Gasteiger partial charge in [0.25, 0.3) is 5.91 Å². The molecule has 6 heteroatoms. The Hall–Kier alpha value is -2.34. The quantitative estimate of drug-likeness (QED) is 0.711. The second-order valence-electron chi connectivity index (χ2n) is 7.32. The molecule has 1 heterocycles. The molecule has 0 radical (unpaired) electrons. The maximum Gasteiger partial charge on any atom is 0.258 e. The van der Waals surface area contributed by atoms with E-state index in [0.29, 0.717) is 30.9 Å². The summed E-state index contributed by atoms with van der Waals surface area (Å²) in [6.45, 7) is 4.93. The van der Waals surface area contributed by atoms with Gasteiger partial charge in [0.15, 0.2) is 9.84 Å². The first-order chi connectivity index (χ1) is 13.4. The fourth-order valence-corrected chi connectivity index (χ4v) is 5.14. The molecule has 0 bridgehead atoms. The van der Waals surface area contributed by atoms with Gasteiger partial charge >= 0.3 is 0 Å². The largest absolute Gasteiger partial charge is 0.493 e. The molecule has 150 valence electrons. The van der Waals surface area contributed by atoms with E-state index in [2.05, 4.69) is 0 Å². The highest BCUT2D eigenvalue weighted by Crippen LogP contribution is 2.26. The molecule has 0 N–H and O–H groups in total. The third kappa shape index (κ3) is 4.93. The summed E-state index contributed by atoms with van der Waals surface area (Å²) in [7, 11) is -3.10. The zero-order valence-electron chi connectivity index (χ0n) is 16.4. The average Bonchev–Trinajstić information content (AvgIpc) is 3.05. The van der Waals surface area contributed by atoms with Crippen LogP contribution in [-0.2, 0) is 16.4 Å². The molecule has 1 atom stereocenters. The van der Waals surface area contributed by atoms with Crippen molar-refractivity contribution in [1.29, 1.82) is 0 Å². The summed E-state index contributed by atoms with van der Waals surface area (Å²) in [6, 6.07) is 14.8. The highest BCUT2D eigenvalue weighted by atomic mass is 32.2. The molecule has 1 aliphatic rings. The molecule has 1 saturated heterocycles. The van der Waals surface area contributed by atoms with Gasteiger partial charge in [-0.25, -0.2) is 8.42 Å². The van der Waals surface area contributed by atoms with Crippen LogP contribution in [0.15, 0.2) is 48.5 Å². The molecule has 0 saturated carbocycles. The fraction of sp³-hybridized carbons (Fsp3) is 0.409. The summed E-state index contributed by atoms with van der Waals surface area (Å²) >= 11 is 0. The third-order valence-electron chi connectivity index (χ3n) is 4.96. The number of carbonyl (C=O) groups excluding carboxylic acids is 1. The maximum atomic E-state index is 13.4. The topological polar surface area (TPSA) is 63.7 Å². The van der Waals surface area contributed by atoms with Gasteiger partial charge in [0.05, 0.1) is 23.7 Å². The van der Waals surface area contributed by atoms with E-state index in [0.717, 1.165) is 17.5 Å². The summed E-state index contributed by atoms with van der Waals surface area (Å²) in [6.07, 6.45) is 1.31. The van der Waals surface area contributed by atoms with Crippen molar-refractivity contribution in [3.63, 3.8) is 0 Å². The highest BCUT2D eigenvalue weighted by molar-refractivity contribution is 7.91. The van der Waals surface area contributed by atoms with Crippen LogP contribution in [0.25, 0.3) is 0 Å². The van der Waals surface area contributed by atoms with Gasteiger partial charge in [-0.3, -0.25) is 4.79 Å². The molecule has 2 aromatic carbocycles. The van der Waals surface area contributed by atoms with Gasteiger partial charge in [0.1, 0.15) is 5.75 Å². The van der Waals surface area contributed by atoms with Crippen molar-refractivity contribution in [1.82, 2.24) is 4.90 Å². The summed E-state index contributed by atoms with van der Waals surface area (Å²) in [5, 5.41) is 0. The minimum Gasteiger partial charge on any atom is -0.493 e. The summed E-state index contributed by atoms with van der Waals surface area (Å²) in [4.78, 5) is 15.1. The van der Waals surface area contributed by atoms with Gasteiger partial charge in [-0.1, -0.05) is 48.9 Å². The lowest BCUT2D eigenvalue weighted by atomic mass is 10.1. The van der Waals surface area contributed by atoms with E-state index in [4.69, 9.17) is 4.74 Å². The predicted molar refractivity (Wildman–Crippen MR) is 110 cm³/mol. The summed E-state index contributed by atoms with van der Waals surface area (Å²) < 4.78 is 29.9. The van der Waals surface area contributed by atoms with Gasteiger partial charge in [-0.15, -0.1) is 0 Å². The fourth-order valence-electron chi connectivity index (χ4n) is 3.41. The number of amides is 1. The monoisotopic (exact) mass is 401 g/mol. The van der Waals surface area contributed by atoms with Crippen LogP contribution in [0.5, 0.6) is 5.75 Å². The number of carbonyl (C=O) groups is 1. The third-order valence-corrected chi connectivity index (χ3v) is 6.71. The second kappa shape index (κ2) is 8.78. The first-order valence-corrected chi connectivity index (χ1v) is 11.5. The van der Waals surface area contributed by atoms with Gasteiger partial charge in [-0.2, -0.15) is 0 Å². The molecule has 3 rings (SSSR count). The molecule has 1 amide bonds. The van der Waals surface area contributed by atoms with E-state index in [1.807, 2.05) is 50.2 Å². The molecule has 0 aliphatic carbocycles. The Morgan fingerprint density at radius 2 is 1.86 bits per heavy atom. The first-order valence-electron chi connectivity index (χ1n) is 9.68. The number of para-hydroxylation sites is 1. The molecule has 28 heavy (non-hydrogen) atoms. The molecular weight excluding hydrogens is 374 g/mol. The molecule has 2 aromatic rings. The number of nitrogens with zero attached hydrogens (tertiary/aromatic N) is 1. The number of ether oxygens (including phenoxy) is 1. The molecule has 0 aromatic heterocycles. The van der Waals surface area contributed by atoms with E-state index < -0.39 is 9.84 Å². The maximum absolute atomic E-state index is 13.4. The van der Waals surface area contributed by atoms with Crippen LogP contribution >= 0.6 is 0 Å². The number of hydrogen-bond acceptors (Lipinski definition) is 4. The lowest BCUT2D eigenvalue weighted by molar-refractivity contribution is 0.0676. The molecule has 0 spiro atoms. The predicted octanol–water partition coefficient (Wildman–Crippen LogP) is 3.61. The van der Waals surface area contributed by atoms with Crippen LogP contribution in [-0.4, -0.2) is 43.4 Å². The number of sulfone groups is 1. The van der Waals surface area contributed by atoms with Crippen molar-refractivity contribution in [3.8, 4) is 5.75 Å². The van der Waals surface area contributed by atoms with Crippen LogP contribution in [0.2, 0.25) is 0 Å². The minimum atomic E-state index is -3.10. The Morgan fingerprint density at radius 1 is 1.14 bits per heavy atom. The number of aryl methyl sites for hydroxylation is 1. The van der Waals surface area contributed by atoms with Crippen molar-refractivity contribution in [2.45, 2.75) is 39.3 Å². The van der Waals surface area contributed by atoms with E-state index in [1.165, 1.54) is 0 Å². The van der Waals surface area contributed by atoms with Crippen LogP contribution < -0.4 is 4.74 Å². The number of rotatable bonds is 7. The van der Waals surface area contributed by atoms with E-state index >= 15 is 0 Å². The zero-order valence-corrected chi connectivity index (χ0v) is 17.2. The van der Waals surface area contributed by atoms with Crippen molar-refractivity contribution in [3.05, 3.63) is 65.2 Å². The van der Waals surface area contributed by atoms with Crippen LogP contribution in [0.3, 0.4) is 0 Å². The molecule has 5 nitrogen and oxygen atoms in total. The Labute approximate surface area is 167 Å². The van der Waals surface area contributed by atoms with E-state index in [1.54, 1.807) is 17.0 Å². The lowest BCUT2D eigenvalue weighted by Crippen LogP contribution is -2.40. The van der Waals surface area contributed by atoms with Gasteiger partial charge in [-0.05, 0) is 37.5 Å². The van der Waals surface area contributed by atoms with Crippen molar-refractivity contribution in [2.24, 2.45) is 0 Å². The molecule has 1 fully saturated rings. The molecular formula is C22H27NO4S. The lowest BCUT2D eigenvalue weighted by Gasteiger charge is -2.29. The van der Waals surface area contributed by atoms with Crippen LogP contribution in [0.1, 0.15) is 41.3 Å². The summed E-state index contributed by atoms with van der Waals surface area (Å²) in [5.41, 5.74) is 2.60. The summed E-state index contributed by atoms with van der Waals surface area (Å²) in [5.74, 6) is 0.504. The van der Waals surface area contributed by atoms with Gasteiger partial charge < -0.3 is 9.64 Å². The standard InChI is InChI=1S/C22H27NO4S/c1-3-13-27-21-7-5-4-6-20(21)22(24)23(19-12-14-28(25,26)16-19)15-18-10-8-17(2)9-11-18/h4-11,19H,3,12-16H2,1-2H3/t19-/m0/s1. The number of hydrogen-bond donors (Lipinski definition) is 0. The molecule has 0 unspecified atom stereocenters. The van der Waals surface area contributed by atoms with E-state index in [-0.39, 0.29) is 23.5 Å². The normalized spacial score (nSPS) is 18.0. The van der Waals surface area contributed by atoms with Crippen LogP contribution in [0.4, 0.5) is 0 Å². The zero-order chi connectivity index (χ0) is 20.1.